The van der Waals surface area contributed by atoms with Gasteiger partial charge in [-0.1, -0.05) is 11.6 Å². The van der Waals surface area contributed by atoms with Gasteiger partial charge in [-0.25, -0.2) is 0 Å². The molecule has 10 heteroatoms. The van der Waals surface area contributed by atoms with E-state index in [2.05, 4.69) is 20.6 Å². The van der Waals surface area contributed by atoms with E-state index < -0.39 is 17.2 Å². The minimum atomic E-state index is -0.661. The molecule has 2 amide bonds. The van der Waals surface area contributed by atoms with Gasteiger partial charge in [0, 0.05) is 34.6 Å². The molecule has 2 fully saturated rings. The summed E-state index contributed by atoms with van der Waals surface area (Å²) in [6.45, 7) is 6.42. The van der Waals surface area contributed by atoms with E-state index >= 15 is 0 Å². The molecule has 1 aliphatic heterocycles. The average Bonchev–Trinajstić information content (AvgIpc) is 3.19. The van der Waals surface area contributed by atoms with E-state index in [9.17, 15) is 14.7 Å². The molecule has 0 bridgehead atoms. The Bertz CT molecular complexity index is 1330. The average molecular weight is 528 g/mol. The van der Waals surface area contributed by atoms with Gasteiger partial charge in [-0.15, -0.1) is 0 Å². The highest BCUT2D eigenvalue weighted by atomic mass is 35.5. The summed E-state index contributed by atoms with van der Waals surface area (Å²) < 4.78 is 5.98. The maximum absolute atomic E-state index is 13.5. The standard InChI is InChI=1S/C27H34ClN5O4/c1-26(2)15-33(13-23(34)30-17-4-7-27(3,36)8-5-17)22(14-37-26)25(35)32-20-11-16(28)10-19-18-6-9-29-12-21(18)31-24(19)20/h6,9-12,17,22,31,36H,4-5,7-8,13-15H2,1-3H3,(H,30,34)(H,32,35)/t17?,22-,27?/m0/s1. The zero-order valence-electron chi connectivity index (χ0n) is 21.4. The lowest BCUT2D eigenvalue weighted by atomic mass is 9.83. The molecule has 2 aliphatic rings. The lowest BCUT2D eigenvalue weighted by Gasteiger charge is -2.42. The van der Waals surface area contributed by atoms with Crippen molar-refractivity contribution < 1.29 is 19.4 Å². The number of ether oxygens (including phenoxy) is 1. The molecule has 0 radical (unpaired) electrons. The summed E-state index contributed by atoms with van der Waals surface area (Å²) in [5.41, 5.74) is 1.02. The summed E-state index contributed by atoms with van der Waals surface area (Å²) in [6.07, 6.45) is 6.25. The van der Waals surface area contributed by atoms with Crippen LogP contribution in [0.4, 0.5) is 5.69 Å². The van der Waals surface area contributed by atoms with Gasteiger partial charge in [0.25, 0.3) is 0 Å². The lowest BCUT2D eigenvalue weighted by molar-refractivity contribution is -0.147. The second kappa shape index (κ2) is 9.87. The highest BCUT2D eigenvalue weighted by Gasteiger charge is 2.39. The van der Waals surface area contributed by atoms with Gasteiger partial charge in [0.05, 0.1) is 47.3 Å². The molecule has 3 heterocycles. The zero-order valence-corrected chi connectivity index (χ0v) is 22.2. The highest BCUT2D eigenvalue weighted by molar-refractivity contribution is 6.33. The molecule has 9 nitrogen and oxygen atoms in total. The minimum absolute atomic E-state index is 0.0327. The number of hydrogen-bond acceptors (Lipinski definition) is 6. The van der Waals surface area contributed by atoms with Gasteiger partial charge in [-0.05, 0) is 64.7 Å². The number of amides is 2. The summed E-state index contributed by atoms with van der Waals surface area (Å²) in [7, 11) is 0. The third-order valence-electron chi connectivity index (χ3n) is 7.47. The molecule has 1 aromatic carbocycles. The second-order valence-electron chi connectivity index (χ2n) is 11.2. The van der Waals surface area contributed by atoms with E-state index in [0.29, 0.717) is 30.1 Å². The minimum Gasteiger partial charge on any atom is -0.390 e. The van der Waals surface area contributed by atoms with Gasteiger partial charge in [-0.3, -0.25) is 19.5 Å². The number of halogens is 1. The SMILES string of the molecule is CC1(O)CCC(NC(=O)CN2CC(C)(C)OC[C@H]2C(=O)Nc2cc(Cl)cc3c2[nH]c2cnccc23)CC1. The fraction of sp³-hybridized carbons (Fsp3) is 0.519. The van der Waals surface area contributed by atoms with E-state index in [-0.39, 0.29) is 31.0 Å². The number of morpholine rings is 1. The van der Waals surface area contributed by atoms with Crippen molar-refractivity contribution in [2.24, 2.45) is 0 Å². The zero-order chi connectivity index (χ0) is 26.4. The number of hydrogen-bond donors (Lipinski definition) is 4. The number of nitrogens with zero attached hydrogens (tertiary/aromatic N) is 2. The Kier molecular flexibility index (Phi) is 6.91. The first-order valence-corrected chi connectivity index (χ1v) is 13.1. The molecular formula is C27H34ClN5O4. The first kappa shape index (κ1) is 25.9. The van der Waals surface area contributed by atoms with Crippen molar-refractivity contribution >= 4 is 50.9 Å². The van der Waals surface area contributed by atoms with Crippen molar-refractivity contribution in [1.29, 1.82) is 0 Å². The van der Waals surface area contributed by atoms with Crippen LogP contribution in [0.5, 0.6) is 0 Å². The van der Waals surface area contributed by atoms with Gasteiger partial charge >= 0.3 is 0 Å². The number of rotatable bonds is 5. The van der Waals surface area contributed by atoms with Crippen molar-refractivity contribution in [1.82, 2.24) is 20.2 Å². The number of nitrogens with one attached hydrogen (secondary N) is 3. The molecule has 37 heavy (non-hydrogen) atoms. The summed E-state index contributed by atoms with van der Waals surface area (Å²) >= 11 is 6.41. The normalized spacial score (nSPS) is 26.3. The number of carbonyl (C=O) groups is 2. The van der Waals surface area contributed by atoms with Crippen LogP contribution in [-0.4, -0.2) is 74.8 Å². The topological polar surface area (TPSA) is 120 Å². The van der Waals surface area contributed by atoms with Crippen LogP contribution in [0.1, 0.15) is 46.5 Å². The molecule has 0 spiro atoms. The van der Waals surface area contributed by atoms with Crippen LogP contribution in [0, 0.1) is 0 Å². The Labute approximate surface area is 220 Å². The van der Waals surface area contributed by atoms with Crippen LogP contribution in [0.15, 0.2) is 30.6 Å². The number of benzene rings is 1. The lowest BCUT2D eigenvalue weighted by Crippen LogP contribution is -2.60. The number of H-pyrrole nitrogens is 1. The van der Waals surface area contributed by atoms with Crippen molar-refractivity contribution in [2.45, 2.75) is 69.7 Å². The first-order valence-electron chi connectivity index (χ1n) is 12.8. The summed E-state index contributed by atoms with van der Waals surface area (Å²) in [6, 6.07) is 4.86. The molecular weight excluding hydrogens is 494 g/mol. The Morgan fingerprint density at radius 3 is 2.76 bits per heavy atom. The Morgan fingerprint density at radius 1 is 1.24 bits per heavy atom. The number of aliphatic hydroxyl groups is 1. The third kappa shape index (κ3) is 5.75. The Balaban J connectivity index is 1.32. The van der Waals surface area contributed by atoms with E-state index in [1.165, 1.54) is 0 Å². The molecule has 1 saturated heterocycles. The van der Waals surface area contributed by atoms with Crippen LogP contribution >= 0.6 is 11.6 Å². The first-order chi connectivity index (χ1) is 17.5. The van der Waals surface area contributed by atoms with Crippen molar-refractivity contribution in [3.8, 4) is 0 Å². The molecule has 4 N–H and O–H groups in total. The molecule has 198 valence electrons. The van der Waals surface area contributed by atoms with Crippen molar-refractivity contribution in [3.63, 3.8) is 0 Å². The van der Waals surface area contributed by atoms with Crippen LogP contribution in [0.2, 0.25) is 5.02 Å². The maximum Gasteiger partial charge on any atom is 0.244 e. The number of anilines is 1. The predicted molar refractivity (Wildman–Crippen MR) is 144 cm³/mol. The monoisotopic (exact) mass is 527 g/mol. The van der Waals surface area contributed by atoms with E-state index in [4.69, 9.17) is 16.3 Å². The van der Waals surface area contributed by atoms with Crippen LogP contribution in [-0.2, 0) is 14.3 Å². The fourth-order valence-corrected chi connectivity index (χ4v) is 5.65. The van der Waals surface area contributed by atoms with Gasteiger partial charge in [0.1, 0.15) is 6.04 Å². The molecule has 1 atom stereocenters. The molecule has 5 rings (SSSR count). The fourth-order valence-electron chi connectivity index (χ4n) is 5.44. The van der Waals surface area contributed by atoms with Crippen LogP contribution < -0.4 is 10.6 Å². The van der Waals surface area contributed by atoms with Gasteiger partial charge in [0.2, 0.25) is 11.8 Å². The van der Waals surface area contributed by atoms with Crippen molar-refractivity contribution in [2.75, 3.05) is 25.0 Å². The summed E-state index contributed by atoms with van der Waals surface area (Å²) in [5, 5.41) is 18.7. The quantitative estimate of drug-likeness (QED) is 0.402. The molecule has 2 aromatic heterocycles. The van der Waals surface area contributed by atoms with Gasteiger partial charge in [0.15, 0.2) is 0 Å². The number of aromatic amines is 1. The van der Waals surface area contributed by atoms with E-state index in [1.54, 1.807) is 18.5 Å². The highest BCUT2D eigenvalue weighted by Crippen LogP contribution is 2.34. The Hall–Kier alpha value is -2.72. The van der Waals surface area contributed by atoms with Gasteiger partial charge in [-0.2, -0.15) is 0 Å². The number of aromatic nitrogens is 2. The van der Waals surface area contributed by atoms with Gasteiger partial charge < -0.3 is 25.5 Å². The largest absolute Gasteiger partial charge is 0.390 e. The van der Waals surface area contributed by atoms with E-state index in [0.717, 1.165) is 34.6 Å². The number of carbonyl (C=O) groups excluding carboxylic acids is 2. The molecule has 1 aliphatic carbocycles. The third-order valence-corrected chi connectivity index (χ3v) is 7.68. The number of pyridine rings is 1. The predicted octanol–water partition coefficient (Wildman–Crippen LogP) is 3.60. The maximum atomic E-state index is 13.5. The van der Waals surface area contributed by atoms with Crippen LogP contribution in [0.25, 0.3) is 21.8 Å². The summed E-state index contributed by atoms with van der Waals surface area (Å²) in [5.74, 6) is -0.396. The molecule has 3 aromatic rings. The molecule has 1 saturated carbocycles. The van der Waals surface area contributed by atoms with Crippen LogP contribution in [0.3, 0.4) is 0 Å². The molecule has 0 unspecified atom stereocenters. The van der Waals surface area contributed by atoms with Crippen molar-refractivity contribution in [3.05, 3.63) is 35.6 Å². The summed E-state index contributed by atoms with van der Waals surface area (Å²) in [4.78, 5) is 35.9. The second-order valence-corrected chi connectivity index (χ2v) is 11.7. The Morgan fingerprint density at radius 2 is 2.00 bits per heavy atom. The smallest absolute Gasteiger partial charge is 0.244 e. The number of fused-ring (bicyclic) bond motifs is 3. The van der Waals surface area contributed by atoms with E-state index in [1.807, 2.05) is 37.8 Å².